The van der Waals surface area contributed by atoms with Crippen LogP contribution in [0.15, 0.2) is 0 Å². The maximum atomic E-state index is 5.48. The molecule has 0 aliphatic rings. The molecule has 0 heterocycles. The molecule has 0 radical (unpaired) electrons. The van der Waals surface area contributed by atoms with E-state index in [9.17, 15) is 0 Å². The molecule has 0 aromatic heterocycles. The SMILES string of the molecule is CCC(C)NCCOCCC(C)C. The quantitative estimate of drug-likeness (QED) is 0.589. The Morgan fingerprint density at radius 3 is 2.38 bits per heavy atom. The summed E-state index contributed by atoms with van der Waals surface area (Å²) in [4.78, 5) is 0. The Morgan fingerprint density at radius 2 is 1.85 bits per heavy atom. The van der Waals surface area contributed by atoms with Gasteiger partial charge < -0.3 is 10.1 Å². The van der Waals surface area contributed by atoms with E-state index in [2.05, 4.69) is 33.0 Å². The summed E-state index contributed by atoms with van der Waals surface area (Å²) in [6.07, 6.45) is 2.36. The topological polar surface area (TPSA) is 21.3 Å². The Morgan fingerprint density at radius 1 is 1.15 bits per heavy atom. The zero-order chi connectivity index (χ0) is 10.1. The fourth-order valence-electron chi connectivity index (χ4n) is 0.943. The van der Waals surface area contributed by atoms with Crippen LogP contribution in [0, 0.1) is 5.92 Å². The molecular formula is C11H25NO. The molecule has 0 fully saturated rings. The predicted molar refractivity (Wildman–Crippen MR) is 58.0 cm³/mol. The van der Waals surface area contributed by atoms with Gasteiger partial charge in [0.1, 0.15) is 0 Å². The van der Waals surface area contributed by atoms with E-state index in [1.165, 1.54) is 12.8 Å². The van der Waals surface area contributed by atoms with Crippen molar-refractivity contribution in [3.8, 4) is 0 Å². The van der Waals surface area contributed by atoms with Gasteiger partial charge >= 0.3 is 0 Å². The highest BCUT2D eigenvalue weighted by Crippen LogP contribution is 1.98. The third-order valence-corrected chi connectivity index (χ3v) is 2.19. The first kappa shape index (κ1) is 12.9. The van der Waals surface area contributed by atoms with Crippen molar-refractivity contribution < 1.29 is 4.74 Å². The second-order valence-corrected chi connectivity index (χ2v) is 4.06. The molecule has 2 heteroatoms. The van der Waals surface area contributed by atoms with E-state index in [4.69, 9.17) is 4.74 Å². The maximum Gasteiger partial charge on any atom is 0.0591 e. The highest BCUT2D eigenvalue weighted by Gasteiger charge is 1.96. The minimum atomic E-state index is 0.619. The second kappa shape index (κ2) is 8.52. The van der Waals surface area contributed by atoms with Crippen molar-refractivity contribution >= 4 is 0 Å². The van der Waals surface area contributed by atoms with Crippen LogP contribution in [0.5, 0.6) is 0 Å². The van der Waals surface area contributed by atoms with Crippen LogP contribution < -0.4 is 5.32 Å². The Balaban J connectivity index is 2.99. The van der Waals surface area contributed by atoms with Crippen LogP contribution in [0.4, 0.5) is 0 Å². The molecule has 1 N–H and O–H groups in total. The summed E-state index contributed by atoms with van der Waals surface area (Å²) in [6.45, 7) is 11.6. The summed E-state index contributed by atoms with van der Waals surface area (Å²) in [6, 6.07) is 0.619. The Kier molecular flexibility index (Phi) is 8.46. The number of hydrogen-bond acceptors (Lipinski definition) is 2. The molecule has 0 amide bonds. The van der Waals surface area contributed by atoms with Crippen molar-refractivity contribution in [3.05, 3.63) is 0 Å². The minimum Gasteiger partial charge on any atom is -0.380 e. The first-order valence-corrected chi connectivity index (χ1v) is 5.48. The summed E-state index contributed by atoms with van der Waals surface area (Å²) in [7, 11) is 0. The summed E-state index contributed by atoms with van der Waals surface area (Å²) in [5, 5.41) is 3.40. The van der Waals surface area contributed by atoms with Crippen LogP contribution in [0.1, 0.15) is 40.5 Å². The fraction of sp³-hybridized carbons (Fsp3) is 1.00. The van der Waals surface area contributed by atoms with E-state index < -0.39 is 0 Å². The molecule has 0 spiro atoms. The average molecular weight is 187 g/mol. The largest absolute Gasteiger partial charge is 0.380 e. The van der Waals surface area contributed by atoms with Crippen LogP contribution in [0.25, 0.3) is 0 Å². The lowest BCUT2D eigenvalue weighted by Gasteiger charge is -2.11. The Labute approximate surface area is 83.1 Å². The van der Waals surface area contributed by atoms with E-state index in [0.717, 1.165) is 25.7 Å². The first-order valence-electron chi connectivity index (χ1n) is 5.48. The predicted octanol–water partition coefficient (Wildman–Crippen LogP) is 2.44. The van der Waals surface area contributed by atoms with E-state index in [0.29, 0.717) is 6.04 Å². The highest BCUT2D eigenvalue weighted by molar-refractivity contribution is 4.56. The van der Waals surface area contributed by atoms with Crippen molar-refractivity contribution in [2.45, 2.75) is 46.6 Å². The zero-order valence-corrected chi connectivity index (χ0v) is 9.60. The van der Waals surface area contributed by atoms with Crippen molar-refractivity contribution in [2.24, 2.45) is 5.92 Å². The van der Waals surface area contributed by atoms with E-state index in [1.54, 1.807) is 0 Å². The number of ether oxygens (including phenoxy) is 1. The molecule has 0 aromatic carbocycles. The fourth-order valence-corrected chi connectivity index (χ4v) is 0.943. The normalized spacial score (nSPS) is 13.6. The zero-order valence-electron chi connectivity index (χ0n) is 9.60. The molecule has 80 valence electrons. The number of rotatable bonds is 8. The molecule has 0 aliphatic heterocycles. The lowest BCUT2D eigenvalue weighted by atomic mass is 10.1. The molecule has 0 aromatic rings. The molecule has 13 heavy (non-hydrogen) atoms. The van der Waals surface area contributed by atoms with Crippen LogP contribution in [-0.4, -0.2) is 25.8 Å². The molecule has 0 saturated carbocycles. The van der Waals surface area contributed by atoms with Crippen LogP contribution in [0.3, 0.4) is 0 Å². The lowest BCUT2D eigenvalue weighted by molar-refractivity contribution is 0.123. The van der Waals surface area contributed by atoms with Crippen LogP contribution in [0.2, 0.25) is 0 Å². The van der Waals surface area contributed by atoms with Gasteiger partial charge in [-0.15, -0.1) is 0 Å². The molecule has 1 unspecified atom stereocenters. The molecule has 0 bridgehead atoms. The van der Waals surface area contributed by atoms with Gasteiger partial charge in [0.25, 0.3) is 0 Å². The molecular weight excluding hydrogens is 162 g/mol. The van der Waals surface area contributed by atoms with Crippen molar-refractivity contribution in [3.63, 3.8) is 0 Å². The first-order chi connectivity index (χ1) is 6.16. The maximum absolute atomic E-state index is 5.48. The second-order valence-electron chi connectivity index (χ2n) is 4.06. The van der Waals surface area contributed by atoms with E-state index in [1.807, 2.05) is 0 Å². The van der Waals surface area contributed by atoms with Crippen molar-refractivity contribution in [1.29, 1.82) is 0 Å². The standard InChI is InChI=1S/C11H25NO/c1-5-11(4)12-7-9-13-8-6-10(2)3/h10-12H,5-9H2,1-4H3. The van der Waals surface area contributed by atoms with E-state index >= 15 is 0 Å². The number of nitrogens with one attached hydrogen (secondary N) is 1. The van der Waals surface area contributed by atoms with Gasteiger partial charge in [-0.2, -0.15) is 0 Å². The molecule has 0 aliphatic carbocycles. The highest BCUT2D eigenvalue weighted by atomic mass is 16.5. The van der Waals surface area contributed by atoms with Crippen molar-refractivity contribution in [1.82, 2.24) is 5.32 Å². The summed E-state index contributed by atoms with van der Waals surface area (Å²) < 4.78 is 5.48. The number of hydrogen-bond donors (Lipinski definition) is 1. The smallest absolute Gasteiger partial charge is 0.0591 e. The molecule has 2 nitrogen and oxygen atoms in total. The summed E-state index contributed by atoms with van der Waals surface area (Å²) >= 11 is 0. The lowest BCUT2D eigenvalue weighted by Crippen LogP contribution is -2.28. The molecule has 0 rings (SSSR count). The summed E-state index contributed by atoms with van der Waals surface area (Å²) in [5.74, 6) is 0.752. The van der Waals surface area contributed by atoms with Gasteiger partial charge in [-0.3, -0.25) is 0 Å². The van der Waals surface area contributed by atoms with Crippen molar-refractivity contribution in [2.75, 3.05) is 19.8 Å². The average Bonchev–Trinajstić information content (AvgIpc) is 2.10. The van der Waals surface area contributed by atoms with Gasteiger partial charge in [0.05, 0.1) is 6.61 Å². The monoisotopic (exact) mass is 187 g/mol. The van der Waals surface area contributed by atoms with Gasteiger partial charge in [0.15, 0.2) is 0 Å². The Bertz CT molecular complexity index is 104. The van der Waals surface area contributed by atoms with Gasteiger partial charge in [-0.1, -0.05) is 20.8 Å². The third kappa shape index (κ3) is 9.84. The molecule has 0 saturated heterocycles. The summed E-state index contributed by atoms with van der Waals surface area (Å²) in [5.41, 5.74) is 0. The van der Waals surface area contributed by atoms with Gasteiger partial charge in [0, 0.05) is 19.2 Å². The van der Waals surface area contributed by atoms with Crippen LogP contribution >= 0.6 is 0 Å². The third-order valence-electron chi connectivity index (χ3n) is 2.19. The Hall–Kier alpha value is -0.0800. The van der Waals surface area contributed by atoms with Gasteiger partial charge in [-0.05, 0) is 25.7 Å². The van der Waals surface area contributed by atoms with Crippen LogP contribution in [-0.2, 0) is 4.74 Å². The van der Waals surface area contributed by atoms with E-state index in [-0.39, 0.29) is 0 Å². The van der Waals surface area contributed by atoms with Gasteiger partial charge in [0.2, 0.25) is 0 Å². The van der Waals surface area contributed by atoms with Gasteiger partial charge in [-0.25, -0.2) is 0 Å². The minimum absolute atomic E-state index is 0.619. The molecule has 1 atom stereocenters.